The Balaban J connectivity index is 1.31. The van der Waals surface area contributed by atoms with Crippen LogP contribution in [0.5, 0.6) is 0 Å². The number of nitrogens with zero attached hydrogens (tertiary/aromatic N) is 1. The standard InChI is InChI=1S/C24H42N2O3/c1-2-6-22-21(5-1)19-7-9-20(10-8-19)29-17-23-24(18-27-16-12-25-24)11-3-13-26(23)14-4-15-28-22/h19-23,25H,1-18H2/t19?,20?,21?,22?,23-,24+/m1/s1. The topological polar surface area (TPSA) is 43.0 Å². The molecular formula is C24H42N2O3. The molecule has 6 fully saturated rings. The first kappa shape index (κ1) is 20.7. The van der Waals surface area contributed by atoms with E-state index in [1.54, 1.807) is 0 Å². The summed E-state index contributed by atoms with van der Waals surface area (Å²) >= 11 is 0. The van der Waals surface area contributed by atoms with Crippen LogP contribution in [0.25, 0.3) is 0 Å². The third-order valence-electron chi connectivity index (χ3n) is 8.72. The van der Waals surface area contributed by atoms with Gasteiger partial charge in [0.2, 0.25) is 0 Å². The van der Waals surface area contributed by atoms with E-state index >= 15 is 0 Å². The highest BCUT2D eigenvalue weighted by atomic mass is 16.5. The van der Waals surface area contributed by atoms with E-state index in [-0.39, 0.29) is 5.54 Å². The Labute approximate surface area is 177 Å². The SMILES string of the molecule is C1CCC2C3CCC(CC3)OC[C@H]3N(CCCOC2C1)CCC[C@]31COCCN1. The summed E-state index contributed by atoms with van der Waals surface area (Å²) in [6.45, 7) is 6.76. The second kappa shape index (κ2) is 9.52. The Morgan fingerprint density at radius 1 is 0.828 bits per heavy atom. The molecule has 4 atom stereocenters. The monoisotopic (exact) mass is 406 g/mol. The summed E-state index contributed by atoms with van der Waals surface area (Å²) in [6.07, 6.45) is 15.2. The van der Waals surface area contributed by atoms with Gasteiger partial charge in [-0.25, -0.2) is 0 Å². The van der Waals surface area contributed by atoms with Gasteiger partial charge in [-0.05, 0) is 76.2 Å². The molecule has 4 saturated heterocycles. The minimum Gasteiger partial charge on any atom is -0.378 e. The molecule has 4 heterocycles. The highest BCUT2D eigenvalue weighted by Crippen LogP contribution is 2.41. The van der Waals surface area contributed by atoms with Crippen molar-refractivity contribution in [2.45, 2.75) is 94.4 Å². The molecule has 2 aliphatic carbocycles. The Morgan fingerprint density at radius 3 is 2.55 bits per heavy atom. The number of morpholine rings is 1. The number of hydrogen-bond donors (Lipinski definition) is 1. The maximum Gasteiger partial charge on any atom is 0.0665 e. The van der Waals surface area contributed by atoms with Crippen LogP contribution in [-0.4, -0.2) is 74.8 Å². The number of rotatable bonds is 0. The van der Waals surface area contributed by atoms with E-state index in [0.717, 1.165) is 57.8 Å². The first-order valence-electron chi connectivity index (χ1n) is 12.6. The lowest BCUT2D eigenvalue weighted by atomic mass is 9.71. The molecule has 1 N–H and O–H groups in total. The predicted molar refractivity (Wildman–Crippen MR) is 114 cm³/mol. The van der Waals surface area contributed by atoms with Crippen molar-refractivity contribution in [3.8, 4) is 0 Å². The molecule has 2 unspecified atom stereocenters. The number of nitrogens with one attached hydrogen (secondary N) is 1. The van der Waals surface area contributed by atoms with E-state index in [4.69, 9.17) is 14.2 Å². The van der Waals surface area contributed by atoms with E-state index in [1.165, 1.54) is 70.8 Å². The van der Waals surface area contributed by atoms with Gasteiger partial charge in [0.15, 0.2) is 0 Å². The first-order valence-corrected chi connectivity index (χ1v) is 12.6. The van der Waals surface area contributed by atoms with Gasteiger partial charge in [0, 0.05) is 19.7 Å². The minimum absolute atomic E-state index is 0.0834. The van der Waals surface area contributed by atoms with E-state index < -0.39 is 0 Å². The fraction of sp³-hybridized carbons (Fsp3) is 1.00. The smallest absolute Gasteiger partial charge is 0.0665 e. The van der Waals surface area contributed by atoms with E-state index in [1.807, 2.05) is 0 Å². The van der Waals surface area contributed by atoms with Gasteiger partial charge < -0.3 is 19.5 Å². The van der Waals surface area contributed by atoms with Gasteiger partial charge in [-0.2, -0.15) is 0 Å². The van der Waals surface area contributed by atoms with Crippen molar-refractivity contribution in [1.82, 2.24) is 10.2 Å². The molecule has 1 spiro atoms. The molecule has 2 saturated carbocycles. The molecule has 0 radical (unpaired) electrons. The van der Waals surface area contributed by atoms with Crippen molar-refractivity contribution >= 4 is 0 Å². The van der Waals surface area contributed by atoms with Crippen LogP contribution < -0.4 is 5.32 Å². The van der Waals surface area contributed by atoms with E-state index in [2.05, 4.69) is 10.2 Å². The van der Waals surface area contributed by atoms with Gasteiger partial charge in [-0.3, -0.25) is 4.90 Å². The van der Waals surface area contributed by atoms with Crippen LogP contribution in [0.2, 0.25) is 0 Å². The van der Waals surface area contributed by atoms with Crippen molar-refractivity contribution in [2.24, 2.45) is 11.8 Å². The molecule has 0 aromatic rings. The Kier molecular flexibility index (Phi) is 6.79. The number of fused-ring (bicyclic) bond motifs is 6. The Bertz CT molecular complexity index is 511. The van der Waals surface area contributed by atoms with Gasteiger partial charge in [-0.15, -0.1) is 0 Å². The number of hydrogen-bond acceptors (Lipinski definition) is 5. The number of piperidine rings is 1. The fourth-order valence-electron chi connectivity index (χ4n) is 7.14. The fourth-order valence-corrected chi connectivity index (χ4v) is 7.14. The molecule has 6 aliphatic rings. The van der Waals surface area contributed by atoms with E-state index in [0.29, 0.717) is 18.2 Å². The molecule has 4 aliphatic heterocycles. The van der Waals surface area contributed by atoms with Gasteiger partial charge in [0.05, 0.1) is 43.6 Å². The lowest BCUT2D eigenvalue weighted by molar-refractivity contribution is -0.103. The lowest BCUT2D eigenvalue weighted by Crippen LogP contribution is -2.70. The zero-order chi connectivity index (χ0) is 19.5. The summed E-state index contributed by atoms with van der Waals surface area (Å²) in [5, 5.41) is 3.87. The van der Waals surface area contributed by atoms with Gasteiger partial charge in [-0.1, -0.05) is 12.8 Å². The summed E-state index contributed by atoms with van der Waals surface area (Å²) < 4.78 is 19.2. The third-order valence-corrected chi connectivity index (χ3v) is 8.72. The van der Waals surface area contributed by atoms with Crippen molar-refractivity contribution in [3.05, 3.63) is 0 Å². The second-order valence-electron chi connectivity index (χ2n) is 10.4. The summed E-state index contributed by atoms with van der Waals surface area (Å²) in [4.78, 5) is 2.70. The summed E-state index contributed by atoms with van der Waals surface area (Å²) in [5.74, 6) is 1.68. The maximum atomic E-state index is 6.64. The molecule has 5 heteroatoms. The van der Waals surface area contributed by atoms with Gasteiger partial charge in [0.1, 0.15) is 0 Å². The lowest BCUT2D eigenvalue weighted by Gasteiger charge is -2.52. The second-order valence-corrected chi connectivity index (χ2v) is 10.4. The largest absolute Gasteiger partial charge is 0.378 e. The van der Waals surface area contributed by atoms with Crippen LogP contribution in [0.1, 0.15) is 70.6 Å². The van der Waals surface area contributed by atoms with Crippen LogP contribution in [-0.2, 0) is 14.2 Å². The summed E-state index contributed by atoms with van der Waals surface area (Å²) in [6, 6.07) is 0.430. The van der Waals surface area contributed by atoms with Gasteiger partial charge in [0.25, 0.3) is 0 Å². The molecular weight excluding hydrogens is 364 g/mol. The molecule has 0 amide bonds. The minimum atomic E-state index is 0.0834. The van der Waals surface area contributed by atoms with Crippen molar-refractivity contribution in [3.63, 3.8) is 0 Å². The molecule has 6 rings (SSSR count). The zero-order valence-electron chi connectivity index (χ0n) is 18.3. The average molecular weight is 407 g/mol. The highest BCUT2D eigenvalue weighted by Gasteiger charge is 2.46. The predicted octanol–water partition coefficient (Wildman–Crippen LogP) is 3.36. The maximum absolute atomic E-state index is 6.64. The van der Waals surface area contributed by atoms with Crippen LogP contribution in [0.4, 0.5) is 0 Å². The number of ether oxygens (including phenoxy) is 3. The van der Waals surface area contributed by atoms with Crippen molar-refractivity contribution in [2.75, 3.05) is 46.1 Å². The molecule has 166 valence electrons. The van der Waals surface area contributed by atoms with Crippen LogP contribution in [0.15, 0.2) is 0 Å². The summed E-state index contributed by atoms with van der Waals surface area (Å²) in [7, 11) is 0. The Hall–Kier alpha value is -0.200. The van der Waals surface area contributed by atoms with Crippen molar-refractivity contribution < 1.29 is 14.2 Å². The molecule has 0 aromatic carbocycles. The molecule has 29 heavy (non-hydrogen) atoms. The van der Waals surface area contributed by atoms with Gasteiger partial charge >= 0.3 is 0 Å². The van der Waals surface area contributed by atoms with Crippen LogP contribution in [0.3, 0.4) is 0 Å². The quantitative estimate of drug-likeness (QED) is 0.668. The highest BCUT2D eigenvalue weighted by molar-refractivity contribution is 5.04. The van der Waals surface area contributed by atoms with Crippen LogP contribution in [0, 0.1) is 11.8 Å². The molecule has 2 bridgehead atoms. The summed E-state index contributed by atoms with van der Waals surface area (Å²) in [5.41, 5.74) is 0.0834. The molecule has 0 aromatic heterocycles. The molecule has 5 nitrogen and oxygen atoms in total. The normalized spacial score (nSPS) is 45.3. The third kappa shape index (κ3) is 4.55. The van der Waals surface area contributed by atoms with E-state index in [9.17, 15) is 0 Å². The first-order chi connectivity index (χ1) is 14.3. The zero-order valence-corrected chi connectivity index (χ0v) is 18.3. The Morgan fingerprint density at radius 2 is 1.69 bits per heavy atom. The van der Waals surface area contributed by atoms with Crippen LogP contribution >= 0.6 is 0 Å². The average Bonchev–Trinajstić information content (AvgIpc) is 2.77. The van der Waals surface area contributed by atoms with Crippen molar-refractivity contribution in [1.29, 1.82) is 0 Å².